The van der Waals surface area contributed by atoms with Gasteiger partial charge in [0.15, 0.2) is 0 Å². The Bertz CT molecular complexity index is 1020. The van der Waals surface area contributed by atoms with Gasteiger partial charge in [0.2, 0.25) is 0 Å². The van der Waals surface area contributed by atoms with Crippen LogP contribution in [0.4, 0.5) is 11.5 Å². The second kappa shape index (κ2) is 11.1. The number of ether oxygens (including phenoxy) is 2. The quantitative estimate of drug-likeness (QED) is 0.447. The number of methoxy groups -OCH3 is 2. The van der Waals surface area contributed by atoms with Crippen molar-refractivity contribution in [2.45, 2.75) is 11.3 Å². The highest BCUT2D eigenvalue weighted by atomic mass is 32.2. The normalized spacial score (nSPS) is 14.1. The molecule has 11 heteroatoms. The van der Waals surface area contributed by atoms with Crippen molar-refractivity contribution in [3.8, 4) is 5.75 Å². The molecule has 3 N–H and O–H groups in total. The lowest BCUT2D eigenvalue weighted by Gasteiger charge is -2.30. The van der Waals surface area contributed by atoms with Crippen LogP contribution in [0.2, 0.25) is 0 Å². The molecule has 0 saturated carbocycles. The lowest BCUT2D eigenvalue weighted by molar-refractivity contribution is 0.0948. The number of aromatic nitrogens is 1. The minimum atomic E-state index is -3.89. The maximum Gasteiger partial charge on any atom is 0.262 e. The zero-order valence-corrected chi connectivity index (χ0v) is 19.1. The van der Waals surface area contributed by atoms with Crippen LogP contribution in [0.15, 0.2) is 41.4 Å². The summed E-state index contributed by atoms with van der Waals surface area (Å²) in [6, 6.07) is 7.67. The molecule has 0 bridgehead atoms. The van der Waals surface area contributed by atoms with E-state index in [1.807, 2.05) is 4.90 Å². The van der Waals surface area contributed by atoms with Crippen molar-refractivity contribution in [3.05, 3.63) is 42.1 Å². The molecule has 1 aliphatic heterocycles. The van der Waals surface area contributed by atoms with Gasteiger partial charge in [0.05, 0.1) is 29.5 Å². The van der Waals surface area contributed by atoms with Gasteiger partial charge in [-0.1, -0.05) is 6.07 Å². The fraction of sp³-hybridized carbons (Fsp3) is 0.429. The number of nitrogens with zero attached hydrogens (tertiary/aromatic N) is 2. The standard InChI is InChI=1S/C21H29N5O5S/c1-30-12-4-7-23-21(27)19-13-16(15-24-20(19)26-10-8-22-9-11-26)25-32(28,29)18-6-3-5-17(14-18)31-2/h3,5-6,13-15,22,25H,4,7-12H2,1-2H3,(H,23,27). The van der Waals surface area contributed by atoms with Crippen LogP contribution < -0.4 is 25.0 Å². The van der Waals surface area contributed by atoms with Crippen LogP contribution in [-0.4, -0.2) is 72.9 Å². The second-order valence-corrected chi connectivity index (χ2v) is 8.90. The first-order chi connectivity index (χ1) is 15.4. The number of amides is 1. The van der Waals surface area contributed by atoms with E-state index >= 15 is 0 Å². The van der Waals surface area contributed by atoms with Gasteiger partial charge < -0.3 is 25.0 Å². The lowest BCUT2D eigenvalue weighted by Crippen LogP contribution is -2.44. The Kier molecular flexibility index (Phi) is 8.26. The summed E-state index contributed by atoms with van der Waals surface area (Å²) in [7, 11) is -0.821. The Labute approximate surface area is 188 Å². The third-order valence-corrected chi connectivity index (χ3v) is 6.32. The SMILES string of the molecule is COCCCNC(=O)c1cc(NS(=O)(=O)c2cccc(OC)c2)cnc1N1CCNCC1. The number of anilines is 2. The molecule has 174 valence electrons. The number of benzene rings is 1. The predicted molar refractivity (Wildman–Crippen MR) is 122 cm³/mol. The molecule has 3 rings (SSSR count). The molecule has 32 heavy (non-hydrogen) atoms. The molecule has 0 aliphatic carbocycles. The summed E-state index contributed by atoms with van der Waals surface area (Å²) in [5, 5.41) is 6.12. The van der Waals surface area contributed by atoms with Crippen LogP contribution in [0, 0.1) is 0 Å². The number of hydrogen-bond donors (Lipinski definition) is 3. The second-order valence-electron chi connectivity index (χ2n) is 7.22. The summed E-state index contributed by atoms with van der Waals surface area (Å²) in [5.74, 6) is 0.640. The Balaban J connectivity index is 1.87. The highest BCUT2D eigenvalue weighted by molar-refractivity contribution is 7.92. The van der Waals surface area contributed by atoms with Crippen molar-refractivity contribution < 1.29 is 22.7 Å². The minimum Gasteiger partial charge on any atom is -0.497 e. The van der Waals surface area contributed by atoms with Gasteiger partial charge in [-0.15, -0.1) is 0 Å². The van der Waals surface area contributed by atoms with Gasteiger partial charge in [-0.05, 0) is 24.6 Å². The van der Waals surface area contributed by atoms with Crippen molar-refractivity contribution in [1.82, 2.24) is 15.6 Å². The smallest absolute Gasteiger partial charge is 0.262 e. The number of sulfonamides is 1. The first-order valence-electron chi connectivity index (χ1n) is 10.3. The maximum atomic E-state index is 12.9. The summed E-state index contributed by atoms with van der Waals surface area (Å²) in [6.07, 6.45) is 2.09. The lowest BCUT2D eigenvalue weighted by atomic mass is 10.2. The monoisotopic (exact) mass is 463 g/mol. The third-order valence-electron chi connectivity index (χ3n) is 4.94. The topological polar surface area (TPSA) is 122 Å². The van der Waals surface area contributed by atoms with Crippen LogP contribution in [0.1, 0.15) is 16.8 Å². The molecular formula is C21H29N5O5S. The van der Waals surface area contributed by atoms with Gasteiger partial charge >= 0.3 is 0 Å². The van der Waals surface area contributed by atoms with Crippen LogP contribution in [0.25, 0.3) is 0 Å². The maximum absolute atomic E-state index is 12.9. The Morgan fingerprint density at radius 1 is 1.22 bits per heavy atom. The van der Waals surface area contributed by atoms with E-state index in [1.54, 1.807) is 19.2 Å². The number of pyridine rings is 1. The van der Waals surface area contributed by atoms with Crippen LogP contribution in [0.3, 0.4) is 0 Å². The number of carbonyl (C=O) groups excluding carboxylic acids is 1. The summed E-state index contributed by atoms with van der Waals surface area (Å²) < 4.78 is 38.3. The third kappa shape index (κ3) is 6.09. The minimum absolute atomic E-state index is 0.0496. The van der Waals surface area contributed by atoms with E-state index in [4.69, 9.17) is 9.47 Å². The molecule has 0 radical (unpaired) electrons. The molecular weight excluding hydrogens is 434 g/mol. The van der Waals surface area contributed by atoms with Crippen LogP contribution >= 0.6 is 0 Å². The molecule has 10 nitrogen and oxygen atoms in total. The molecule has 0 spiro atoms. The van der Waals surface area contributed by atoms with Crippen molar-refractivity contribution in [1.29, 1.82) is 0 Å². The number of piperazine rings is 1. The number of hydrogen-bond acceptors (Lipinski definition) is 8. The first-order valence-corrected chi connectivity index (χ1v) is 11.8. The van der Waals surface area contributed by atoms with E-state index in [2.05, 4.69) is 20.3 Å². The molecule has 1 aromatic heterocycles. The zero-order chi connectivity index (χ0) is 23.0. The fourth-order valence-corrected chi connectivity index (χ4v) is 4.37. The number of carbonyl (C=O) groups is 1. The average Bonchev–Trinajstić information content (AvgIpc) is 2.82. The Hall–Kier alpha value is -2.89. The molecule has 1 fully saturated rings. The van der Waals surface area contributed by atoms with Crippen molar-refractivity contribution in [2.24, 2.45) is 0 Å². The van der Waals surface area contributed by atoms with E-state index in [9.17, 15) is 13.2 Å². The molecule has 1 saturated heterocycles. The van der Waals surface area contributed by atoms with E-state index in [0.29, 0.717) is 49.8 Å². The highest BCUT2D eigenvalue weighted by Crippen LogP contribution is 2.25. The summed E-state index contributed by atoms with van der Waals surface area (Å²) >= 11 is 0. The van der Waals surface area contributed by atoms with Gasteiger partial charge in [-0.2, -0.15) is 0 Å². The van der Waals surface area contributed by atoms with E-state index in [-0.39, 0.29) is 16.5 Å². The van der Waals surface area contributed by atoms with E-state index < -0.39 is 10.0 Å². The molecule has 2 heterocycles. The zero-order valence-electron chi connectivity index (χ0n) is 18.3. The molecule has 1 aromatic carbocycles. The molecule has 1 aliphatic rings. The summed E-state index contributed by atoms with van der Waals surface area (Å²) in [4.78, 5) is 19.4. The summed E-state index contributed by atoms with van der Waals surface area (Å²) in [5.41, 5.74) is 0.518. The Morgan fingerprint density at radius 2 is 2.00 bits per heavy atom. The first kappa shape index (κ1) is 23.8. The van der Waals surface area contributed by atoms with Gasteiger partial charge in [0.1, 0.15) is 11.6 Å². The van der Waals surface area contributed by atoms with E-state index in [0.717, 1.165) is 13.1 Å². The molecule has 0 unspecified atom stereocenters. The van der Waals surface area contributed by atoms with Crippen LogP contribution in [0.5, 0.6) is 5.75 Å². The largest absolute Gasteiger partial charge is 0.497 e. The fourth-order valence-electron chi connectivity index (χ4n) is 3.31. The van der Waals surface area contributed by atoms with Crippen molar-refractivity contribution in [3.63, 3.8) is 0 Å². The average molecular weight is 464 g/mol. The van der Waals surface area contributed by atoms with Gasteiger partial charge in [0.25, 0.3) is 15.9 Å². The van der Waals surface area contributed by atoms with Gasteiger partial charge in [-0.25, -0.2) is 13.4 Å². The molecule has 0 atom stereocenters. The van der Waals surface area contributed by atoms with Gasteiger partial charge in [0, 0.05) is 52.5 Å². The number of nitrogens with one attached hydrogen (secondary N) is 3. The van der Waals surface area contributed by atoms with E-state index in [1.165, 1.54) is 31.5 Å². The predicted octanol–water partition coefficient (Wildman–Crippen LogP) is 1.07. The van der Waals surface area contributed by atoms with Gasteiger partial charge in [-0.3, -0.25) is 9.52 Å². The van der Waals surface area contributed by atoms with Crippen molar-refractivity contribution >= 4 is 27.4 Å². The van der Waals surface area contributed by atoms with Crippen LogP contribution in [-0.2, 0) is 14.8 Å². The molecule has 1 amide bonds. The Morgan fingerprint density at radius 3 is 2.72 bits per heavy atom. The number of rotatable bonds is 10. The molecule has 2 aromatic rings. The van der Waals surface area contributed by atoms with Crippen molar-refractivity contribution in [2.75, 3.05) is 63.2 Å². The summed E-state index contributed by atoms with van der Waals surface area (Å²) in [6.45, 7) is 3.93. The highest BCUT2D eigenvalue weighted by Gasteiger charge is 2.22.